The fourth-order valence-electron chi connectivity index (χ4n) is 6.76. The van der Waals surface area contributed by atoms with E-state index in [4.69, 9.17) is 4.98 Å². The van der Waals surface area contributed by atoms with Crippen molar-refractivity contribution in [3.05, 3.63) is 176 Å². The summed E-state index contributed by atoms with van der Waals surface area (Å²) < 4.78 is 4.64. The Balaban J connectivity index is 1.32. The molecule has 0 fully saturated rings. The molecule has 3 aromatic heterocycles. The molecule has 0 unspecified atom stereocenters. The maximum atomic E-state index is 5.15. The molecule has 0 saturated heterocycles. The Kier molecular flexibility index (Phi) is 6.14. The number of nitrogens with zero attached hydrogens (tertiary/aromatic N) is 3. The van der Waals surface area contributed by atoms with Crippen LogP contribution in [0.3, 0.4) is 0 Å². The molecule has 0 amide bonds. The summed E-state index contributed by atoms with van der Waals surface area (Å²) in [4.78, 5) is 5.15. The summed E-state index contributed by atoms with van der Waals surface area (Å²) in [5, 5.41) is 2.46. The summed E-state index contributed by atoms with van der Waals surface area (Å²) in [7, 11) is 0. The highest BCUT2D eigenvalue weighted by Gasteiger charge is 2.19. The summed E-state index contributed by atoms with van der Waals surface area (Å²) >= 11 is 0. The molecule has 0 atom stereocenters. The molecule has 0 saturated carbocycles. The smallest absolute Gasteiger partial charge is 0.138 e. The van der Waals surface area contributed by atoms with E-state index >= 15 is 0 Å². The minimum absolute atomic E-state index is 0.917. The summed E-state index contributed by atoms with van der Waals surface area (Å²) in [6.07, 6.45) is 2.24. The van der Waals surface area contributed by atoms with Gasteiger partial charge in [0.25, 0.3) is 0 Å². The topological polar surface area (TPSA) is 22.2 Å². The molecule has 216 valence electrons. The van der Waals surface area contributed by atoms with E-state index in [1.54, 1.807) is 0 Å². The Morgan fingerprint density at radius 1 is 0.391 bits per heavy atom. The van der Waals surface area contributed by atoms with Gasteiger partial charge in [0.05, 0.1) is 28.1 Å². The van der Waals surface area contributed by atoms with Gasteiger partial charge in [-0.1, -0.05) is 133 Å². The van der Waals surface area contributed by atoms with Crippen molar-refractivity contribution in [3.63, 3.8) is 0 Å². The zero-order valence-electron chi connectivity index (χ0n) is 25.1. The summed E-state index contributed by atoms with van der Waals surface area (Å²) in [5.74, 6) is 0. The Hall–Kier alpha value is -6.19. The lowest BCUT2D eigenvalue weighted by Crippen LogP contribution is -1.98. The first-order valence-electron chi connectivity index (χ1n) is 15.6. The number of hydrogen-bond acceptors (Lipinski definition) is 1. The fraction of sp³-hybridized carbons (Fsp3) is 0. The monoisotopic (exact) mass is 587 g/mol. The van der Waals surface area contributed by atoms with Crippen molar-refractivity contribution in [2.75, 3.05) is 0 Å². The van der Waals surface area contributed by atoms with E-state index in [-0.39, 0.29) is 0 Å². The van der Waals surface area contributed by atoms with Crippen molar-refractivity contribution in [1.29, 1.82) is 0 Å². The van der Waals surface area contributed by atoms with Crippen LogP contribution in [0.2, 0.25) is 0 Å². The van der Waals surface area contributed by atoms with Crippen molar-refractivity contribution in [2.45, 2.75) is 0 Å². The van der Waals surface area contributed by atoms with Crippen LogP contribution in [-0.4, -0.2) is 14.0 Å². The SMILES string of the molecule is c1ccc(-c2ccc3c(c2)c2cc(-c4ccccc4)ccc2n3-c2ccc3nc(-c4ccccc4)c(-c4ccccc4)n3c2)cc1. The van der Waals surface area contributed by atoms with E-state index in [1.165, 1.54) is 44.1 Å². The number of benzene rings is 6. The zero-order valence-corrected chi connectivity index (χ0v) is 25.1. The Morgan fingerprint density at radius 3 is 1.39 bits per heavy atom. The highest BCUT2D eigenvalue weighted by molar-refractivity contribution is 6.11. The average Bonchev–Trinajstić information content (AvgIpc) is 3.68. The number of imidazole rings is 1. The van der Waals surface area contributed by atoms with Crippen LogP contribution in [-0.2, 0) is 0 Å². The first kappa shape index (κ1) is 26.2. The third kappa shape index (κ3) is 4.33. The molecule has 0 bridgehead atoms. The quantitative estimate of drug-likeness (QED) is 0.196. The van der Waals surface area contributed by atoms with E-state index in [2.05, 4.69) is 179 Å². The maximum Gasteiger partial charge on any atom is 0.138 e. The third-order valence-electron chi connectivity index (χ3n) is 8.93. The molecule has 3 heterocycles. The molecule has 9 aromatic rings. The van der Waals surface area contributed by atoms with Crippen molar-refractivity contribution >= 4 is 27.5 Å². The van der Waals surface area contributed by atoms with Crippen LogP contribution in [0.15, 0.2) is 176 Å². The van der Waals surface area contributed by atoms with Crippen LogP contribution in [0, 0.1) is 0 Å². The standard InChI is InChI=1S/C43H29N3/c1-5-13-30(14-6-1)34-21-24-39-37(27-34)38-28-35(31-15-7-2-8-16-31)22-25-40(38)46(39)36-23-26-41-44-42(32-17-9-3-10-18-32)43(45(41)29-36)33-19-11-4-12-20-33/h1-29H. The van der Waals surface area contributed by atoms with Gasteiger partial charge >= 0.3 is 0 Å². The number of aromatic nitrogens is 3. The molecule has 6 aromatic carbocycles. The van der Waals surface area contributed by atoms with E-state index < -0.39 is 0 Å². The first-order valence-corrected chi connectivity index (χ1v) is 15.6. The van der Waals surface area contributed by atoms with Crippen LogP contribution >= 0.6 is 0 Å². The molecular formula is C43H29N3. The number of pyridine rings is 1. The Labute approximate surface area is 267 Å². The second-order valence-electron chi connectivity index (χ2n) is 11.7. The second-order valence-corrected chi connectivity index (χ2v) is 11.7. The molecule has 0 aliphatic heterocycles. The molecule has 0 spiro atoms. The van der Waals surface area contributed by atoms with E-state index in [1.807, 2.05) is 6.07 Å². The van der Waals surface area contributed by atoms with Crippen LogP contribution in [0.25, 0.3) is 77.9 Å². The van der Waals surface area contributed by atoms with Crippen molar-refractivity contribution in [1.82, 2.24) is 14.0 Å². The fourth-order valence-corrected chi connectivity index (χ4v) is 6.76. The zero-order chi connectivity index (χ0) is 30.5. The molecule has 0 aliphatic rings. The molecule has 0 radical (unpaired) electrons. The van der Waals surface area contributed by atoms with E-state index in [9.17, 15) is 0 Å². The van der Waals surface area contributed by atoms with Crippen molar-refractivity contribution < 1.29 is 0 Å². The molecular weight excluding hydrogens is 558 g/mol. The van der Waals surface area contributed by atoms with Gasteiger partial charge in [0.15, 0.2) is 0 Å². The van der Waals surface area contributed by atoms with Gasteiger partial charge in [-0.3, -0.25) is 4.40 Å². The lowest BCUT2D eigenvalue weighted by Gasteiger charge is -2.11. The van der Waals surface area contributed by atoms with Gasteiger partial charge in [0.2, 0.25) is 0 Å². The van der Waals surface area contributed by atoms with Gasteiger partial charge in [-0.2, -0.15) is 0 Å². The predicted molar refractivity (Wildman–Crippen MR) is 191 cm³/mol. The minimum atomic E-state index is 0.917. The third-order valence-corrected chi connectivity index (χ3v) is 8.93. The van der Waals surface area contributed by atoms with Gasteiger partial charge in [-0.15, -0.1) is 0 Å². The predicted octanol–water partition coefficient (Wildman–Crippen LogP) is 11.1. The van der Waals surface area contributed by atoms with Crippen molar-refractivity contribution in [2.24, 2.45) is 0 Å². The lowest BCUT2D eigenvalue weighted by molar-refractivity contribution is 1.10. The van der Waals surface area contributed by atoms with Crippen LogP contribution in [0.5, 0.6) is 0 Å². The Morgan fingerprint density at radius 2 is 0.870 bits per heavy atom. The van der Waals surface area contributed by atoms with Crippen LogP contribution < -0.4 is 0 Å². The summed E-state index contributed by atoms with van der Waals surface area (Å²) in [5.41, 5.74) is 13.5. The maximum absolute atomic E-state index is 5.15. The highest BCUT2D eigenvalue weighted by Crippen LogP contribution is 2.38. The Bertz CT molecular complexity index is 2400. The van der Waals surface area contributed by atoms with Crippen LogP contribution in [0.1, 0.15) is 0 Å². The molecule has 46 heavy (non-hydrogen) atoms. The van der Waals surface area contributed by atoms with Gasteiger partial charge in [-0.25, -0.2) is 4.98 Å². The summed E-state index contributed by atoms with van der Waals surface area (Å²) in [6.45, 7) is 0. The van der Waals surface area contributed by atoms with Gasteiger partial charge < -0.3 is 4.57 Å². The largest absolute Gasteiger partial charge is 0.308 e. The van der Waals surface area contributed by atoms with Gasteiger partial charge in [0.1, 0.15) is 5.65 Å². The normalized spacial score (nSPS) is 11.5. The number of fused-ring (bicyclic) bond motifs is 4. The number of hydrogen-bond donors (Lipinski definition) is 0. The molecule has 9 rings (SSSR count). The van der Waals surface area contributed by atoms with Gasteiger partial charge in [0, 0.05) is 28.1 Å². The second kappa shape index (κ2) is 10.8. The van der Waals surface area contributed by atoms with Gasteiger partial charge in [-0.05, 0) is 58.7 Å². The summed E-state index contributed by atoms with van der Waals surface area (Å²) in [6, 6.07) is 60.4. The van der Waals surface area contributed by atoms with E-state index in [0.717, 1.165) is 33.8 Å². The van der Waals surface area contributed by atoms with E-state index in [0.29, 0.717) is 0 Å². The average molecular weight is 588 g/mol. The number of rotatable bonds is 5. The first-order chi connectivity index (χ1) is 22.8. The minimum Gasteiger partial charge on any atom is -0.308 e. The molecule has 3 heteroatoms. The molecule has 0 N–H and O–H groups in total. The highest BCUT2D eigenvalue weighted by atomic mass is 15.1. The molecule has 0 aliphatic carbocycles. The van der Waals surface area contributed by atoms with Crippen molar-refractivity contribution in [3.8, 4) is 50.5 Å². The van der Waals surface area contributed by atoms with Crippen LogP contribution in [0.4, 0.5) is 0 Å². The lowest BCUT2D eigenvalue weighted by atomic mass is 10.0. The molecule has 3 nitrogen and oxygen atoms in total.